The summed E-state index contributed by atoms with van der Waals surface area (Å²) >= 11 is 5.98. The molecule has 108 valence electrons. The molecule has 1 aromatic rings. The molecule has 7 heteroatoms. The summed E-state index contributed by atoms with van der Waals surface area (Å²) in [6, 6.07) is 2.63. The zero-order valence-corrected chi connectivity index (χ0v) is 11.6. The first-order valence-corrected chi connectivity index (χ1v) is 6.44. The van der Waals surface area contributed by atoms with Gasteiger partial charge in [0.15, 0.2) is 0 Å². The number of carboxylic acids is 1. The van der Waals surface area contributed by atoms with Crippen LogP contribution in [-0.2, 0) is 9.53 Å². The molecule has 0 radical (unpaired) electrons. The van der Waals surface area contributed by atoms with Crippen molar-refractivity contribution in [3.05, 3.63) is 22.7 Å². The average molecular weight is 300 g/mol. The molecule has 0 saturated carbocycles. The van der Waals surface area contributed by atoms with Gasteiger partial charge in [0.1, 0.15) is 17.4 Å². The van der Waals surface area contributed by atoms with Gasteiger partial charge in [0, 0.05) is 12.7 Å². The Kier molecular flexibility index (Phi) is 4.46. The molecular formula is C13H14ClNO5. The van der Waals surface area contributed by atoms with Crippen LogP contribution in [0.15, 0.2) is 12.1 Å². The Morgan fingerprint density at radius 2 is 2.25 bits per heavy atom. The van der Waals surface area contributed by atoms with E-state index in [-0.39, 0.29) is 22.2 Å². The topological polar surface area (TPSA) is 84.9 Å². The summed E-state index contributed by atoms with van der Waals surface area (Å²) in [7, 11) is 1.35. The van der Waals surface area contributed by atoms with Crippen LogP contribution in [0.3, 0.4) is 0 Å². The Hall–Kier alpha value is -1.79. The number of anilines is 1. The lowest BCUT2D eigenvalue weighted by Gasteiger charge is -2.14. The molecule has 0 spiro atoms. The highest BCUT2D eigenvalue weighted by Gasteiger charge is 2.25. The van der Waals surface area contributed by atoms with Gasteiger partial charge in [-0.25, -0.2) is 4.79 Å². The Morgan fingerprint density at radius 1 is 1.50 bits per heavy atom. The molecular weight excluding hydrogens is 286 g/mol. The third-order valence-electron chi connectivity index (χ3n) is 3.00. The number of carbonyl (C=O) groups is 2. The molecule has 1 atom stereocenters. The third-order valence-corrected chi connectivity index (χ3v) is 3.31. The third kappa shape index (κ3) is 3.02. The van der Waals surface area contributed by atoms with Crippen molar-refractivity contribution in [1.82, 2.24) is 0 Å². The minimum atomic E-state index is -1.15. The van der Waals surface area contributed by atoms with E-state index in [0.29, 0.717) is 18.7 Å². The summed E-state index contributed by atoms with van der Waals surface area (Å²) in [5, 5.41) is 11.8. The quantitative estimate of drug-likeness (QED) is 0.890. The molecule has 0 aliphatic carbocycles. The molecule has 1 unspecified atom stereocenters. The van der Waals surface area contributed by atoms with Crippen LogP contribution < -0.4 is 10.1 Å². The molecule has 1 fully saturated rings. The van der Waals surface area contributed by atoms with Crippen molar-refractivity contribution >= 4 is 29.2 Å². The highest BCUT2D eigenvalue weighted by atomic mass is 35.5. The van der Waals surface area contributed by atoms with Gasteiger partial charge >= 0.3 is 5.97 Å². The Labute approximate surface area is 120 Å². The first kappa shape index (κ1) is 14.6. The number of benzene rings is 1. The Bertz CT molecular complexity index is 540. The maximum absolute atomic E-state index is 11.9. The van der Waals surface area contributed by atoms with E-state index in [0.717, 1.165) is 6.42 Å². The number of halogens is 1. The number of ether oxygens (including phenoxy) is 2. The number of nitrogens with one attached hydrogen (secondary N) is 1. The van der Waals surface area contributed by atoms with E-state index in [9.17, 15) is 9.59 Å². The fourth-order valence-corrected chi connectivity index (χ4v) is 2.19. The fraction of sp³-hybridized carbons (Fsp3) is 0.385. The summed E-state index contributed by atoms with van der Waals surface area (Å²) in [5.41, 5.74) is 0.238. The van der Waals surface area contributed by atoms with Crippen LogP contribution in [0.2, 0.25) is 5.02 Å². The molecule has 2 rings (SSSR count). The molecule has 6 nitrogen and oxygen atoms in total. The van der Waals surface area contributed by atoms with Crippen molar-refractivity contribution in [2.75, 3.05) is 19.0 Å². The second-order valence-corrected chi connectivity index (χ2v) is 4.74. The van der Waals surface area contributed by atoms with Crippen molar-refractivity contribution in [2.24, 2.45) is 0 Å². The molecule has 20 heavy (non-hydrogen) atoms. The van der Waals surface area contributed by atoms with E-state index in [4.69, 9.17) is 26.2 Å². The zero-order valence-electron chi connectivity index (χ0n) is 10.8. The van der Waals surface area contributed by atoms with Gasteiger partial charge in [-0.2, -0.15) is 0 Å². The molecule has 1 saturated heterocycles. The minimum absolute atomic E-state index is 0.0624. The summed E-state index contributed by atoms with van der Waals surface area (Å²) in [6.45, 7) is 0.563. The van der Waals surface area contributed by atoms with Gasteiger partial charge in [0.2, 0.25) is 0 Å². The summed E-state index contributed by atoms with van der Waals surface area (Å²) in [5.74, 6) is -1.32. The zero-order chi connectivity index (χ0) is 14.7. The van der Waals surface area contributed by atoms with E-state index in [1.54, 1.807) is 0 Å². The number of carboxylic acid groups (broad SMARTS) is 1. The number of amides is 1. The lowest BCUT2D eigenvalue weighted by Crippen LogP contribution is -2.27. The Balaban J connectivity index is 2.23. The van der Waals surface area contributed by atoms with Gasteiger partial charge in [-0.05, 0) is 18.9 Å². The van der Waals surface area contributed by atoms with E-state index in [1.807, 2.05) is 0 Å². The summed E-state index contributed by atoms with van der Waals surface area (Å²) < 4.78 is 10.3. The molecule has 0 bridgehead atoms. The predicted octanol–water partition coefficient (Wildman–Crippen LogP) is 2.16. The molecule has 2 N–H and O–H groups in total. The first-order valence-electron chi connectivity index (χ1n) is 6.06. The van der Waals surface area contributed by atoms with Crippen molar-refractivity contribution in [3.63, 3.8) is 0 Å². The second kappa shape index (κ2) is 6.11. The molecule has 1 amide bonds. The lowest BCUT2D eigenvalue weighted by atomic mass is 10.1. The van der Waals surface area contributed by atoms with Crippen LogP contribution in [0.1, 0.15) is 23.2 Å². The van der Waals surface area contributed by atoms with Gasteiger partial charge < -0.3 is 19.9 Å². The SMILES string of the molecule is COc1cc(NC(=O)C2CCCO2)c(Cl)cc1C(=O)O. The van der Waals surface area contributed by atoms with Crippen molar-refractivity contribution < 1.29 is 24.2 Å². The van der Waals surface area contributed by atoms with Gasteiger partial charge in [-0.15, -0.1) is 0 Å². The van der Waals surface area contributed by atoms with Gasteiger partial charge in [0.25, 0.3) is 5.91 Å². The van der Waals surface area contributed by atoms with Gasteiger partial charge in [0.05, 0.1) is 17.8 Å². The predicted molar refractivity (Wildman–Crippen MR) is 72.6 cm³/mol. The first-order chi connectivity index (χ1) is 9.52. The van der Waals surface area contributed by atoms with Crippen molar-refractivity contribution in [3.8, 4) is 5.75 Å². The summed E-state index contributed by atoms with van der Waals surface area (Å²) in [6.07, 6.45) is 1.01. The van der Waals surface area contributed by atoms with Gasteiger partial charge in [-0.3, -0.25) is 4.79 Å². The van der Waals surface area contributed by atoms with Crippen LogP contribution in [0.4, 0.5) is 5.69 Å². The van der Waals surface area contributed by atoms with Crippen LogP contribution in [0.25, 0.3) is 0 Å². The molecule has 0 aromatic heterocycles. The maximum atomic E-state index is 11.9. The number of hydrogen-bond donors (Lipinski definition) is 2. The smallest absolute Gasteiger partial charge is 0.339 e. The van der Waals surface area contributed by atoms with Crippen LogP contribution in [0, 0.1) is 0 Å². The maximum Gasteiger partial charge on any atom is 0.339 e. The largest absolute Gasteiger partial charge is 0.496 e. The summed E-state index contributed by atoms with van der Waals surface area (Å²) in [4.78, 5) is 23.0. The minimum Gasteiger partial charge on any atom is -0.496 e. The van der Waals surface area contributed by atoms with E-state index in [1.165, 1.54) is 19.2 Å². The van der Waals surface area contributed by atoms with Crippen LogP contribution in [0.5, 0.6) is 5.75 Å². The van der Waals surface area contributed by atoms with E-state index < -0.39 is 12.1 Å². The number of carbonyl (C=O) groups excluding carboxylic acids is 1. The number of hydrogen-bond acceptors (Lipinski definition) is 4. The highest BCUT2D eigenvalue weighted by Crippen LogP contribution is 2.31. The molecule has 1 aliphatic heterocycles. The van der Waals surface area contributed by atoms with E-state index in [2.05, 4.69) is 5.32 Å². The molecule has 1 heterocycles. The fourth-order valence-electron chi connectivity index (χ4n) is 1.98. The second-order valence-electron chi connectivity index (χ2n) is 4.33. The normalized spacial score (nSPS) is 17.8. The van der Waals surface area contributed by atoms with Crippen LogP contribution >= 0.6 is 11.6 Å². The standard InChI is InChI=1S/C13H14ClNO5/c1-19-11-6-9(8(14)5-7(11)13(17)18)15-12(16)10-3-2-4-20-10/h5-6,10H,2-4H2,1H3,(H,15,16)(H,17,18). The van der Waals surface area contributed by atoms with Crippen LogP contribution in [-0.4, -0.2) is 36.8 Å². The molecule has 1 aliphatic rings. The number of methoxy groups -OCH3 is 1. The highest BCUT2D eigenvalue weighted by molar-refractivity contribution is 6.34. The van der Waals surface area contributed by atoms with E-state index >= 15 is 0 Å². The van der Waals surface area contributed by atoms with Gasteiger partial charge in [-0.1, -0.05) is 11.6 Å². The monoisotopic (exact) mass is 299 g/mol. The van der Waals surface area contributed by atoms with Crippen molar-refractivity contribution in [1.29, 1.82) is 0 Å². The van der Waals surface area contributed by atoms with Crippen molar-refractivity contribution in [2.45, 2.75) is 18.9 Å². The lowest BCUT2D eigenvalue weighted by molar-refractivity contribution is -0.124. The Morgan fingerprint density at radius 3 is 2.80 bits per heavy atom. The average Bonchev–Trinajstić information content (AvgIpc) is 2.94. The number of rotatable bonds is 4. The molecule has 1 aromatic carbocycles. The number of aromatic carboxylic acids is 1.